The molecular weight excluding hydrogens is 370 g/mol. The van der Waals surface area contributed by atoms with Gasteiger partial charge in [-0.3, -0.25) is 10.1 Å². The fourth-order valence-electron chi connectivity index (χ4n) is 3.77. The number of fused-ring (bicyclic) bond motifs is 4. The minimum atomic E-state index is -0.533. The van der Waals surface area contributed by atoms with Crippen molar-refractivity contribution in [3.8, 4) is 11.3 Å². The van der Waals surface area contributed by atoms with Gasteiger partial charge in [-0.1, -0.05) is 18.9 Å². The van der Waals surface area contributed by atoms with Crippen molar-refractivity contribution in [2.45, 2.75) is 38.1 Å². The van der Waals surface area contributed by atoms with E-state index >= 15 is 0 Å². The summed E-state index contributed by atoms with van der Waals surface area (Å²) in [4.78, 5) is 33.9. The molecule has 4 N–H and O–H groups in total. The molecule has 2 heterocycles. The van der Waals surface area contributed by atoms with Gasteiger partial charge in [0.05, 0.1) is 25.0 Å². The maximum absolute atomic E-state index is 12.8. The van der Waals surface area contributed by atoms with Crippen molar-refractivity contribution >= 4 is 17.7 Å². The second-order valence-electron chi connectivity index (χ2n) is 7.70. The van der Waals surface area contributed by atoms with Crippen molar-refractivity contribution in [1.82, 2.24) is 14.9 Å². The highest BCUT2D eigenvalue weighted by atomic mass is 16.5. The van der Waals surface area contributed by atoms with E-state index in [1.807, 2.05) is 18.2 Å². The second kappa shape index (κ2) is 9.09. The maximum atomic E-state index is 12.8. The molecule has 0 radical (unpaired) electrons. The third-order valence-corrected chi connectivity index (χ3v) is 5.35. The lowest BCUT2D eigenvalue weighted by Gasteiger charge is -2.23. The Morgan fingerprint density at radius 2 is 2.03 bits per heavy atom. The average Bonchev–Trinajstić information content (AvgIpc) is 3.19. The highest BCUT2D eigenvalue weighted by molar-refractivity contribution is 5.85. The number of amides is 2. The Balaban J connectivity index is 2.04. The number of aromatic amines is 1. The zero-order valence-corrected chi connectivity index (χ0v) is 17.2. The molecule has 2 aromatic rings. The van der Waals surface area contributed by atoms with Gasteiger partial charge in [0.25, 0.3) is 0 Å². The number of carbonyl (C=O) groups excluding carboxylic acids is 2. The summed E-state index contributed by atoms with van der Waals surface area (Å²) < 4.78 is 4.69. The van der Waals surface area contributed by atoms with Gasteiger partial charge in [0.1, 0.15) is 5.82 Å². The van der Waals surface area contributed by atoms with Gasteiger partial charge >= 0.3 is 6.09 Å². The van der Waals surface area contributed by atoms with Crippen LogP contribution in [0.25, 0.3) is 11.3 Å². The quantitative estimate of drug-likeness (QED) is 0.718. The van der Waals surface area contributed by atoms with Gasteiger partial charge in [0.2, 0.25) is 5.91 Å². The molecule has 3 rings (SSSR count). The standard InChI is InChI=1S/C21H29N5O3/c1-26(2)20(27)13-6-4-5-7-17(22)19-23-12-18(25-19)16-9-8-15(11-14(16)10-13)24-21(28)29-3/h8-9,11-13,17H,4-7,10,22H2,1-3H3,(H,23,25)(H,24,28). The number of hydrogen-bond acceptors (Lipinski definition) is 5. The summed E-state index contributed by atoms with van der Waals surface area (Å²) in [7, 11) is 4.89. The molecule has 0 aliphatic carbocycles. The van der Waals surface area contributed by atoms with Crippen LogP contribution < -0.4 is 11.1 Å². The van der Waals surface area contributed by atoms with Crippen LogP contribution >= 0.6 is 0 Å². The molecule has 2 atom stereocenters. The number of imidazole rings is 1. The molecule has 2 unspecified atom stereocenters. The molecule has 2 bridgehead atoms. The molecule has 0 saturated heterocycles. The van der Waals surface area contributed by atoms with E-state index in [0.29, 0.717) is 12.1 Å². The van der Waals surface area contributed by atoms with Crippen molar-refractivity contribution in [3.63, 3.8) is 0 Å². The number of nitrogens with one attached hydrogen (secondary N) is 2. The lowest BCUT2D eigenvalue weighted by molar-refractivity contribution is -0.133. The largest absolute Gasteiger partial charge is 0.453 e. The molecule has 0 saturated carbocycles. The number of aromatic nitrogens is 2. The highest BCUT2D eigenvalue weighted by Gasteiger charge is 2.24. The Morgan fingerprint density at radius 3 is 2.76 bits per heavy atom. The van der Waals surface area contributed by atoms with Crippen LogP contribution in [0.2, 0.25) is 0 Å². The molecule has 156 valence electrons. The van der Waals surface area contributed by atoms with Crippen LogP contribution in [0, 0.1) is 5.92 Å². The van der Waals surface area contributed by atoms with Gasteiger partial charge in [0, 0.05) is 31.3 Å². The van der Waals surface area contributed by atoms with Crippen molar-refractivity contribution in [1.29, 1.82) is 0 Å². The summed E-state index contributed by atoms with van der Waals surface area (Å²) in [5.74, 6) is 0.730. The highest BCUT2D eigenvalue weighted by Crippen LogP contribution is 2.31. The predicted molar refractivity (Wildman–Crippen MR) is 111 cm³/mol. The number of methoxy groups -OCH3 is 1. The number of carbonyl (C=O) groups is 2. The number of hydrogen-bond donors (Lipinski definition) is 3. The van der Waals surface area contributed by atoms with E-state index in [2.05, 4.69) is 15.3 Å². The van der Waals surface area contributed by atoms with Crippen LogP contribution in [-0.4, -0.2) is 48.1 Å². The number of nitrogens with two attached hydrogens (primary N) is 1. The summed E-state index contributed by atoms with van der Waals surface area (Å²) >= 11 is 0. The van der Waals surface area contributed by atoms with Gasteiger partial charge in [-0.25, -0.2) is 9.78 Å². The smallest absolute Gasteiger partial charge is 0.411 e. The van der Waals surface area contributed by atoms with Crippen LogP contribution in [0.1, 0.15) is 43.1 Å². The SMILES string of the molecule is COC(=O)Nc1ccc2c(c1)CC(C(=O)N(C)C)CCCCC(N)c1ncc-2[nH]1. The first-order valence-electron chi connectivity index (χ1n) is 9.89. The van der Waals surface area contributed by atoms with Crippen LogP contribution in [-0.2, 0) is 16.0 Å². The lowest BCUT2D eigenvalue weighted by Crippen LogP contribution is -2.31. The summed E-state index contributed by atoms with van der Waals surface area (Å²) in [6.07, 6.45) is 5.29. The minimum Gasteiger partial charge on any atom is -0.453 e. The molecule has 1 aromatic heterocycles. The van der Waals surface area contributed by atoms with Crippen molar-refractivity contribution in [2.24, 2.45) is 11.7 Å². The van der Waals surface area contributed by atoms with E-state index in [9.17, 15) is 9.59 Å². The Kier molecular flexibility index (Phi) is 6.53. The van der Waals surface area contributed by atoms with Gasteiger partial charge in [-0.2, -0.15) is 0 Å². The van der Waals surface area contributed by atoms with Gasteiger partial charge in [-0.15, -0.1) is 0 Å². The fourth-order valence-corrected chi connectivity index (χ4v) is 3.77. The zero-order chi connectivity index (χ0) is 21.0. The summed E-state index contributed by atoms with van der Waals surface area (Å²) in [6.45, 7) is 0. The van der Waals surface area contributed by atoms with Crippen LogP contribution in [0.15, 0.2) is 24.4 Å². The molecule has 29 heavy (non-hydrogen) atoms. The molecule has 1 aromatic carbocycles. The minimum absolute atomic E-state index is 0.105. The number of nitrogens with zero attached hydrogens (tertiary/aromatic N) is 2. The topological polar surface area (TPSA) is 113 Å². The molecular formula is C21H29N5O3. The van der Waals surface area contributed by atoms with Crippen molar-refractivity contribution in [2.75, 3.05) is 26.5 Å². The summed E-state index contributed by atoms with van der Waals surface area (Å²) in [5, 5.41) is 2.70. The first-order chi connectivity index (χ1) is 13.9. The Morgan fingerprint density at radius 1 is 1.28 bits per heavy atom. The van der Waals surface area contributed by atoms with Crippen molar-refractivity contribution < 1.29 is 14.3 Å². The Labute approximate surface area is 170 Å². The lowest BCUT2D eigenvalue weighted by atomic mass is 9.89. The Hall–Kier alpha value is -2.87. The summed E-state index contributed by atoms with van der Waals surface area (Å²) in [6, 6.07) is 5.47. The molecule has 8 nitrogen and oxygen atoms in total. The van der Waals surface area contributed by atoms with E-state index in [1.165, 1.54) is 7.11 Å². The molecule has 1 aliphatic heterocycles. The molecule has 0 spiro atoms. The first kappa shape index (κ1) is 20.9. The van der Waals surface area contributed by atoms with Crippen LogP contribution in [0.3, 0.4) is 0 Å². The average molecular weight is 399 g/mol. The first-order valence-corrected chi connectivity index (χ1v) is 9.89. The third kappa shape index (κ3) is 4.95. The van der Waals surface area contributed by atoms with Crippen molar-refractivity contribution in [3.05, 3.63) is 35.8 Å². The number of benzene rings is 1. The van der Waals surface area contributed by atoms with E-state index in [4.69, 9.17) is 10.5 Å². The van der Waals surface area contributed by atoms with E-state index in [-0.39, 0.29) is 17.9 Å². The molecule has 2 amide bonds. The summed E-state index contributed by atoms with van der Waals surface area (Å²) in [5.41, 5.74) is 9.67. The number of anilines is 1. The maximum Gasteiger partial charge on any atom is 0.411 e. The number of rotatable bonds is 2. The van der Waals surface area contributed by atoms with Gasteiger partial charge in [0.15, 0.2) is 0 Å². The van der Waals surface area contributed by atoms with Gasteiger partial charge < -0.3 is 20.4 Å². The monoisotopic (exact) mass is 399 g/mol. The van der Waals surface area contributed by atoms with E-state index < -0.39 is 6.09 Å². The molecule has 0 fully saturated rings. The van der Waals surface area contributed by atoms with Crippen LogP contribution in [0.4, 0.5) is 10.5 Å². The molecule has 8 heteroatoms. The fraction of sp³-hybridized carbons (Fsp3) is 0.476. The molecule has 1 aliphatic rings. The third-order valence-electron chi connectivity index (χ3n) is 5.35. The second-order valence-corrected chi connectivity index (χ2v) is 7.70. The number of H-pyrrole nitrogens is 1. The van der Waals surface area contributed by atoms with Crippen LogP contribution in [0.5, 0.6) is 0 Å². The number of ether oxygens (including phenoxy) is 1. The Bertz CT molecular complexity index is 877. The van der Waals surface area contributed by atoms with E-state index in [1.54, 1.807) is 25.2 Å². The predicted octanol–water partition coefficient (Wildman–Crippen LogP) is 3.08. The normalized spacial score (nSPS) is 19.3. The zero-order valence-electron chi connectivity index (χ0n) is 17.2. The van der Waals surface area contributed by atoms with E-state index in [0.717, 1.165) is 48.3 Å². The van der Waals surface area contributed by atoms with Gasteiger partial charge in [-0.05, 0) is 37.0 Å².